The molecule has 0 bridgehead atoms. The molecule has 1 atom stereocenters. The number of H-pyrrole nitrogens is 1. The van der Waals surface area contributed by atoms with Crippen molar-refractivity contribution in [3.63, 3.8) is 0 Å². The molecule has 1 saturated carbocycles. The van der Waals surface area contributed by atoms with Crippen LogP contribution in [-0.2, 0) is 4.74 Å². The molecule has 1 amide bonds. The summed E-state index contributed by atoms with van der Waals surface area (Å²) >= 11 is 0. The van der Waals surface area contributed by atoms with Crippen LogP contribution in [0.4, 0.5) is 0 Å². The molecule has 0 radical (unpaired) electrons. The number of ether oxygens (including phenoxy) is 1. The Kier molecular flexibility index (Phi) is 2.89. The molecular formula is C13H17N3O3. The van der Waals surface area contributed by atoms with Gasteiger partial charge in [0.25, 0.3) is 11.5 Å². The first-order valence-corrected chi connectivity index (χ1v) is 6.56. The quantitative estimate of drug-likeness (QED) is 0.838. The number of carbonyl (C=O) groups excluding carboxylic acids is 1. The van der Waals surface area contributed by atoms with Gasteiger partial charge in [0, 0.05) is 12.6 Å². The molecule has 3 rings (SSSR count). The van der Waals surface area contributed by atoms with Crippen molar-refractivity contribution in [3.8, 4) is 0 Å². The van der Waals surface area contributed by atoms with E-state index in [-0.39, 0.29) is 22.7 Å². The van der Waals surface area contributed by atoms with E-state index in [2.05, 4.69) is 16.9 Å². The average molecular weight is 263 g/mol. The highest BCUT2D eigenvalue weighted by atomic mass is 16.5. The zero-order chi connectivity index (χ0) is 13.5. The lowest BCUT2D eigenvalue weighted by Gasteiger charge is -2.44. The summed E-state index contributed by atoms with van der Waals surface area (Å²) in [6.07, 6.45) is 3.53. The Bertz CT molecular complexity index is 552. The van der Waals surface area contributed by atoms with E-state index in [4.69, 9.17) is 4.74 Å². The topological polar surface area (TPSA) is 75.3 Å². The molecule has 1 aliphatic heterocycles. The lowest BCUT2D eigenvalue weighted by Crippen LogP contribution is -2.59. The van der Waals surface area contributed by atoms with Gasteiger partial charge in [-0.25, -0.2) is 4.98 Å². The number of carbonyl (C=O) groups is 1. The molecule has 1 unspecified atom stereocenters. The SMILES string of the molecule is CC1(C2CC2)COCCN1C(=O)c1cc(=O)[nH]cn1. The van der Waals surface area contributed by atoms with Gasteiger partial charge in [-0.05, 0) is 25.7 Å². The number of hydrogen-bond acceptors (Lipinski definition) is 4. The second-order valence-corrected chi connectivity index (χ2v) is 5.44. The van der Waals surface area contributed by atoms with Crippen LogP contribution in [0.5, 0.6) is 0 Å². The fourth-order valence-corrected chi connectivity index (χ4v) is 2.77. The molecule has 6 nitrogen and oxygen atoms in total. The van der Waals surface area contributed by atoms with E-state index in [1.807, 2.05) is 4.90 Å². The summed E-state index contributed by atoms with van der Waals surface area (Å²) in [5.74, 6) is 0.322. The third-order valence-corrected chi connectivity index (χ3v) is 4.07. The molecule has 6 heteroatoms. The van der Waals surface area contributed by atoms with Gasteiger partial charge in [0.05, 0.1) is 25.1 Å². The maximum atomic E-state index is 12.6. The van der Waals surface area contributed by atoms with E-state index >= 15 is 0 Å². The summed E-state index contributed by atoms with van der Waals surface area (Å²) in [4.78, 5) is 32.1. The Hall–Kier alpha value is -1.69. The van der Waals surface area contributed by atoms with Crippen molar-refractivity contribution in [1.82, 2.24) is 14.9 Å². The van der Waals surface area contributed by atoms with E-state index < -0.39 is 0 Å². The van der Waals surface area contributed by atoms with Gasteiger partial charge in [-0.2, -0.15) is 0 Å². The highest BCUT2D eigenvalue weighted by Gasteiger charge is 2.49. The van der Waals surface area contributed by atoms with Crippen LogP contribution in [0.2, 0.25) is 0 Å². The maximum Gasteiger partial charge on any atom is 0.273 e. The fraction of sp³-hybridized carbons (Fsp3) is 0.615. The van der Waals surface area contributed by atoms with Crippen LogP contribution in [-0.4, -0.2) is 46.1 Å². The van der Waals surface area contributed by atoms with E-state index in [0.717, 1.165) is 12.8 Å². The van der Waals surface area contributed by atoms with Crippen molar-refractivity contribution < 1.29 is 9.53 Å². The number of aromatic amines is 1. The Morgan fingerprint density at radius 2 is 2.37 bits per heavy atom. The molecule has 0 aromatic carbocycles. The number of amides is 1. The molecule has 0 spiro atoms. The smallest absolute Gasteiger partial charge is 0.273 e. The van der Waals surface area contributed by atoms with Crippen LogP contribution in [0.25, 0.3) is 0 Å². The number of hydrogen-bond donors (Lipinski definition) is 1. The molecule has 2 aliphatic rings. The van der Waals surface area contributed by atoms with E-state index in [9.17, 15) is 9.59 Å². The van der Waals surface area contributed by atoms with E-state index in [1.54, 1.807) is 0 Å². The van der Waals surface area contributed by atoms with Gasteiger partial charge >= 0.3 is 0 Å². The number of nitrogens with one attached hydrogen (secondary N) is 1. The molecule has 1 saturated heterocycles. The molecule has 1 aromatic rings. The van der Waals surface area contributed by atoms with E-state index in [0.29, 0.717) is 25.7 Å². The van der Waals surface area contributed by atoms with Crippen molar-refractivity contribution in [2.75, 3.05) is 19.8 Å². The standard InChI is InChI=1S/C13H17N3O3/c1-13(9-2-3-9)7-19-5-4-16(13)12(18)10-6-11(17)15-8-14-10/h6,8-9H,2-5,7H2,1H3,(H,14,15,17). The number of rotatable bonds is 2. The molecule has 1 N–H and O–H groups in total. The Morgan fingerprint density at radius 1 is 1.58 bits per heavy atom. The highest BCUT2D eigenvalue weighted by molar-refractivity contribution is 5.92. The molecule has 1 aliphatic carbocycles. The van der Waals surface area contributed by atoms with Crippen molar-refractivity contribution in [2.24, 2.45) is 5.92 Å². The fourth-order valence-electron chi connectivity index (χ4n) is 2.77. The van der Waals surface area contributed by atoms with Gasteiger partial charge in [-0.1, -0.05) is 0 Å². The van der Waals surface area contributed by atoms with Crippen LogP contribution in [0, 0.1) is 5.92 Å². The van der Waals surface area contributed by atoms with Crippen molar-refractivity contribution >= 4 is 5.91 Å². The summed E-state index contributed by atoms with van der Waals surface area (Å²) in [6, 6.07) is 1.26. The summed E-state index contributed by atoms with van der Waals surface area (Å²) in [5.41, 5.74) is -0.364. The van der Waals surface area contributed by atoms with Gasteiger partial charge in [-0.15, -0.1) is 0 Å². The van der Waals surface area contributed by atoms with Gasteiger partial charge in [0.15, 0.2) is 0 Å². The monoisotopic (exact) mass is 263 g/mol. The Balaban J connectivity index is 1.90. The molecule has 2 heterocycles. The molecular weight excluding hydrogens is 246 g/mol. The zero-order valence-electron chi connectivity index (χ0n) is 10.9. The van der Waals surface area contributed by atoms with Crippen LogP contribution in [0.1, 0.15) is 30.3 Å². The van der Waals surface area contributed by atoms with Crippen molar-refractivity contribution in [3.05, 3.63) is 28.4 Å². The maximum absolute atomic E-state index is 12.6. The number of aromatic nitrogens is 2. The summed E-state index contributed by atoms with van der Waals surface area (Å²) in [6.45, 7) is 3.72. The molecule has 102 valence electrons. The lowest BCUT2D eigenvalue weighted by molar-refractivity contribution is -0.0549. The van der Waals surface area contributed by atoms with Crippen LogP contribution in [0.3, 0.4) is 0 Å². The van der Waals surface area contributed by atoms with Crippen LogP contribution < -0.4 is 5.56 Å². The van der Waals surface area contributed by atoms with Gasteiger partial charge in [0.1, 0.15) is 5.69 Å². The number of nitrogens with zero attached hydrogens (tertiary/aromatic N) is 2. The van der Waals surface area contributed by atoms with Crippen molar-refractivity contribution in [1.29, 1.82) is 0 Å². The summed E-state index contributed by atoms with van der Waals surface area (Å²) in [5, 5.41) is 0. The Labute approximate surface area is 110 Å². The number of morpholine rings is 1. The van der Waals surface area contributed by atoms with Crippen molar-refractivity contribution in [2.45, 2.75) is 25.3 Å². The minimum atomic E-state index is -0.306. The largest absolute Gasteiger partial charge is 0.377 e. The minimum Gasteiger partial charge on any atom is -0.377 e. The second-order valence-electron chi connectivity index (χ2n) is 5.44. The van der Waals surface area contributed by atoms with Crippen LogP contribution >= 0.6 is 0 Å². The molecule has 19 heavy (non-hydrogen) atoms. The van der Waals surface area contributed by atoms with Gasteiger partial charge in [0.2, 0.25) is 0 Å². The first-order valence-electron chi connectivity index (χ1n) is 6.56. The first kappa shape index (κ1) is 12.3. The third kappa shape index (κ3) is 2.16. The first-order chi connectivity index (χ1) is 9.11. The van der Waals surface area contributed by atoms with E-state index in [1.165, 1.54) is 12.4 Å². The third-order valence-electron chi connectivity index (χ3n) is 4.07. The summed E-state index contributed by atoms with van der Waals surface area (Å²) in [7, 11) is 0. The zero-order valence-corrected chi connectivity index (χ0v) is 10.9. The summed E-state index contributed by atoms with van der Waals surface area (Å²) < 4.78 is 5.54. The predicted molar refractivity (Wildman–Crippen MR) is 67.8 cm³/mol. The lowest BCUT2D eigenvalue weighted by atomic mass is 9.92. The molecule has 2 fully saturated rings. The van der Waals surface area contributed by atoms with Gasteiger partial charge in [-0.3, -0.25) is 9.59 Å². The molecule has 1 aromatic heterocycles. The van der Waals surface area contributed by atoms with Crippen LogP contribution in [0.15, 0.2) is 17.2 Å². The highest BCUT2D eigenvalue weighted by Crippen LogP contribution is 2.44. The normalized spacial score (nSPS) is 27.3. The second kappa shape index (κ2) is 4.45. The van der Waals surface area contributed by atoms with Gasteiger partial charge < -0.3 is 14.6 Å². The minimum absolute atomic E-state index is 0.177. The average Bonchev–Trinajstić information content (AvgIpc) is 3.23. The predicted octanol–water partition coefficient (Wildman–Crippen LogP) is 0.411. The Morgan fingerprint density at radius 3 is 3.05 bits per heavy atom.